The predicted octanol–water partition coefficient (Wildman–Crippen LogP) is 2.01. The number of nitrogens with one attached hydrogen (secondary N) is 1. The van der Waals surface area contributed by atoms with Crippen LogP contribution < -0.4 is 0 Å². The first-order chi connectivity index (χ1) is 10.5. The number of imidazole rings is 1. The molecule has 0 aromatic carbocycles. The molecule has 6 nitrogen and oxygen atoms in total. The summed E-state index contributed by atoms with van der Waals surface area (Å²) >= 11 is 0. The number of H-pyrrole nitrogens is 1. The number of nitrogens with zero attached hydrogens (tertiary/aromatic N) is 4. The largest absolute Gasteiger partial charge is 0.346 e. The molecule has 2 aromatic rings. The summed E-state index contributed by atoms with van der Waals surface area (Å²) in [4.78, 5) is 18.1. The highest BCUT2D eigenvalue weighted by molar-refractivity contribution is 5.75. The first-order valence-electron chi connectivity index (χ1n) is 7.71. The van der Waals surface area contributed by atoms with Crippen molar-refractivity contribution >= 4 is 5.91 Å². The highest BCUT2D eigenvalue weighted by Gasteiger charge is 2.11. The van der Waals surface area contributed by atoms with Crippen molar-refractivity contribution in [3.63, 3.8) is 0 Å². The third-order valence-electron chi connectivity index (χ3n) is 4.12. The molecule has 0 bridgehead atoms. The van der Waals surface area contributed by atoms with E-state index in [2.05, 4.69) is 15.2 Å². The van der Waals surface area contributed by atoms with Gasteiger partial charge in [-0.2, -0.15) is 5.10 Å². The molecule has 2 aromatic heterocycles. The fourth-order valence-corrected chi connectivity index (χ4v) is 2.61. The summed E-state index contributed by atoms with van der Waals surface area (Å²) in [5.74, 6) is 1.12. The van der Waals surface area contributed by atoms with Crippen LogP contribution in [-0.4, -0.2) is 44.1 Å². The molecule has 0 fully saturated rings. The number of hydrogen-bond donors (Lipinski definition) is 1. The van der Waals surface area contributed by atoms with Gasteiger partial charge in [-0.1, -0.05) is 0 Å². The van der Waals surface area contributed by atoms with Crippen molar-refractivity contribution in [3.8, 4) is 0 Å². The van der Waals surface area contributed by atoms with Gasteiger partial charge >= 0.3 is 0 Å². The topological polar surface area (TPSA) is 66.8 Å². The van der Waals surface area contributed by atoms with E-state index < -0.39 is 0 Å². The average molecular weight is 303 g/mol. The van der Waals surface area contributed by atoms with Crippen LogP contribution in [0.25, 0.3) is 0 Å². The van der Waals surface area contributed by atoms with E-state index in [0.717, 1.165) is 36.6 Å². The molecule has 0 radical (unpaired) electrons. The molecular formula is C16H25N5O. The number of carbonyl (C=O) groups excluding carboxylic acids is 1. The first-order valence-corrected chi connectivity index (χ1v) is 7.71. The number of amides is 1. The molecule has 6 heteroatoms. The fraction of sp³-hybridized carbons (Fsp3) is 0.562. The van der Waals surface area contributed by atoms with E-state index in [1.165, 1.54) is 5.56 Å². The Bertz CT molecular complexity index is 609. The van der Waals surface area contributed by atoms with Crippen LogP contribution in [0.2, 0.25) is 0 Å². The second-order valence-corrected chi connectivity index (χ2v) is 5.75. The second kappa shape index (κ2) is 7.24. The maximum atomic E-state index is 12.1. The van der Waals surface area contributed by atoms with Crippen molar-refractivity contribution < 1.29 is 4.79 Å². The van der Waals surface area contributed by atoms with E-state index in [-0.39, 0.29) is 5.91 Å². The van der Waals surface area contributed by atoms with Crippen LogP contribution in [0.4, 0.5) is 0 Å². The zero-order valence-electron chi connectivity index (χ0n) is 13.9. The molecule has 2 heterocycles. The zero-order valence-corrected chi connectivity index (χ0v) is 13.9. The normalized spacial score (nSPS) is 10.9. The Labute approximate surface area is 131 Å². The van der Waals surface area contributed by atoms with Gasteiger partial charge < -0.3 is 9.47 Å². The summed E-state index contributed by atoms with van der Waals surface area (Å²) in [6.45, 7) is 7.46. The Kier molecular flexibility index (Phi) is 5.35. The summed E-state index contributed by atoms with van der Waals surface area (Å²) in [5.41, 5.74) is 3.46. The van der Waals surface area contributed by atoms with Crippen molar-refractivity contribution in [2.24, 2.45) is 0 Å². The summed E-state index contributed by atoms with van der Waals surface area (Å²) in [5, 5.41) is 7.20. The summed E-state index contributed by atoms with van der Waals surface area (Å²) in [6.07, 6.45) is 6.09. The third kappa shape index (κ3) is 3.96. The summed E-state index contributed by atoms with van der Waals surface area (Å²) < 4.78 is 2.00. The smallest absolute Gasteiger partial charge is 0.224 e. The van der Waals surface area contributed by atoms with Crippen LogP contribution >= 0.6 is 0 Å². The van der Waals surface area contributed by atoms with E-state index in [1.54, 1.807) is 6.20 Å². The molecule has 0 aliphatic heterocycles. The molecule has 0 saturated carbocycles. The lowest BCUT2D eigenvalue weighted by molar-refractivity contribution is -0.130. The molecule has 2 rings (SSSR count). The Morgan fingerprint density at radius 1 is 1.36 bits per heavy atom. The minimum Gasteiger partial charge on any atom is -0.346 e. The highest BCUT2D eigenvalue weighted by atomic mass is 16.2. The van der Waals surface area contributed by atoms with E-state index in [0.29, 0.717) is 13.0 Å². The van der Waals surface area contributed by atoms with E-state index in [4.69, 9.17) is 0 Å². The monoisotopic (exact) mass is 303 g/mol. The Balaban J connectivity index is 1.73. The maximum absolute atomic E-state index is 12.1. The van der Waals surface area contributed by atoms with Gasteiger partial charge in [0.05, 0.1) is 5.69 Å². The maximum Gasteiger partial charge on any atom is 0.224 e. The molecule has 0 spiro atoms. The van der Waals surface area contributed by atoms with Gasteiger partial charge in [-0.05, 0) is 39.2 Å². The lowest BCUT2D eigenvalue weighted by atomic mass is 10.1. The van der Waals surface area contributed by atoms with Crippen LogP contribution in [-0.2, 0) is 17.8 Å². The molecule has 0 saturated heterocycles. The van der Waals surface area contributed by atoms with Crippen molar-refractivity contribution in [3.05, 3.63) is 35.2 Å². The summed E-state index contributed by atoms with van der Waals surface area (Å²) in [6, 6.07) is 0. The second-order valence-electron chi connectivity index (χ2n) is 5.75. The molecule has 0 unspecified atom stereocenters. The molecule has 1 amide bonds. The number of aromatic nitrogens is 4. The van der Waals surface area contributed by atoms with E-state index >= 15 is 0 Å². The highest BCUT2D eigenvalue weighted by Crippen LogP contribution is 2.12. The first kappa shape index (κ1) is 16.3. The van der Waals surface area contributed by atoms with E-state index in [1.807, 2.05) is 43.5 Å². The van der Waals surface area contributed by atoms with Crippen molar-refractivity contribution in [1.29, 1.82) is 0 Å². The molecule has 1 N–H and O–H groups in total. The van der Waals surface area contributed by atoms with Crippen LogP contribution in [0.15, 0.2) is 12.4 Å². The lowest BCUT2D eigenvalue weighted by Gasteiger charge is -2.17. The van der Waals surface area contributed by atoms with Gasteiger partial charge in [0, 0.05) is 44.6 Å². The van der Waals surface area contributed by atoms with Gasteiger partial charge in [0.1, 0.15) is 5.82 Å². The van der Waals surface area contributed by atoms with Gasteiger partial charge in [0.2, 0.25) is 5.91 Å². The van der Waals surface area contributed by atoms with Crippen LogP contribution in [0, 0.1) is 20.8 Å². The third-order valence-corrected chi connectivity index (χ3v) is 4.12. The van der Waals surface area contributed by atoms with Gasteiger partial charge in [-0.25, -0.2) is 4.98 Å². The number of aryl methyl sites for hydroxylation is 4. The molecule has 120 valence electrons. The molecular weight excluding hydrogens is 278 g/mol. The molecule has 0 aliphatic carbocycles. The van der Waals surface area contributed by atoms with Gasteiger partial charge in [-0.3, -0.25) is 9.89 Å². The Morgan fingerprint density at radius 3 is 2.73 bits per heavy atom. The summed E-state index contributed by atoms with van der Waals surface area (Å²) in [7, 11) is 1.87. The SMILES string of the molecule is Cc1n[nH]c(C)c1CCCN(C)C(=O)CCn1ccnc1C. The van der Waals surface area contributed by atoms with Crippen molar-refractivity contribution in [1.82, 2.24) is 24.6 Å². The number of rotatable bonds is 7. The van der Waals surface area contributed by atoms with Gasteiger partial charge in [-0.15, -0.1) is 0 Å². The molecule has 22 heavy (non-hydrogen) atoms. The van der Waals surface area contributed by atoms with Crippen LogP contribution in [0.5, 0.6) is 0 Å². The number of hydrogen-bond acceptors (Lipinski definition) is 3. The van der Waals surface area contributed by atoms with Gasteiger partial charge in [0.25, 0.3) is 0 Å². The molecule has 0 aliphatic rings. The Morgan fingerprint density at radius 2 is 2.14 bits per heavy atom. The minimum absolute atomic E-state index is 0.175. The number of carbonyl (C=O) groups is 1. The van der Waals surface area contributed by atoms with E-state index in [9.17, 15) is 4.79 Å². The average Bonchev–Trinajstić information content (AvgIpc) is 3.04. The Hall–Kier alpha value is -2.11. The predicted molar refractivity (Wildman–Crippen MR) is 85.6 cm³/mol. The lowest BCUT2D eigenvalue weighted by Crippen LogP contribution is -2.28. The number of aromatic amines is 1. The minimum atomic E-state index is 0.175. The zero-order chi connectivity index (χ0) is 16.1. The fourth-order valence-electron chi connectivity index (χ4n) is 2.61. The van der Waals surface area contributed by atoms with Crippen molar-refractivity contribution in [2.75, 3.05) is 13.6 Å². The standard InChI is InChI=1S/C16H25N5O/c1-12-15(13(2)19-18-12)6-5-9-20(4)16(22)7-10-21-11-8-17-14(21)3/h8,11H,5-7,9-10H2,1-4H3,(H,18,19). The van der Waals surface area contributed by atoms with Gasteiger partial charge in [0.15, 0.2) is 0 Å². The van der Waals surface area contributed by atoms with Crippen molar-refractivity contribution in [2.45, 2.75) is 46.6 Å². The van der Waals surface area contributed by atoms with Crippen LogP contribution in [0.1, 0.15) is 35.6 Å². The molecule has 0 atom stereocenters. The van der Waals surface area contributed by atoms with Crippen LogP contribution in [0.3, 0.4) is 0 Å². The quantitative estimate of drug-likeness (QED) is 0.851.